The number of anilines is 1. The lowest BCUT2D eigenvalue weighted by atomic mass is 10.2. The van der Waals surface area contributed by atoms with E-state index in [-0.39, 0.29) is 18.6 Å². The molecule has 1 aromatic heterocycles. The molecule has 0 spiro atoms. The Labute approximate surface area is 136 Å². The van der Waals surface area contributed by atoms with Crippen LogP contribution in [0.3, 0.4) is 0 Å². The van der Waals surface area contributed by atoms with Crippen molar-refractivity contribution >= 4 is 5.82 Å². The van der Waals surface area contributed by atoms with E-state index in [9.17, 15) is 13.6 Å². The van der Waals surface area contributed by atoms with Crippen LogP contribution in [0.5, 0.6) is 5.88 Å². The Morgan fingerprint density at radius 3 is 2.79 bits per heavy atom. The van der Waals surface area contributed by atoms with Crippen LogP contribution in [-0.4, -0.2) is 35.4 Å². The zero-order chi connectivity index (χ0) is 16.7. The molecule has 0 aliphatic carbocycles. The molecule has 2 bridgehead atoms. The topological polar surface area (TPSA) is 56.6 Å². The normalized spacial score (nSPS) is 19.1. The fraction of sp³-hybridized carbons (Fsp3) is 0.375. The van der Waals surface area contributed by atoms with Crippen LogP contribution < -0.4 is 15.3 Å². The van der Waals surface area contributed by atoms with E-state index in [1.54, 1.807) is 10.6 Å². The highest BCUT2D eigenvalue weighted by Crippen LogP contribution is 2.25. The van der Waals surface area contributed by atoms with E-state index in [1.807, 2.05) is 0 Å². The fourth-order valence-corrected chi connectivity index (χ4v) is 3.07. The molecule has 0 radical (unpaired) electrons. The summed E-state index contributed by atoms with van der Waals surface area (Å²) in [4.78, 5) is 18.1. The molecule has 6 nitrogen and oxygen atoms in total. The molecule has 0 unspecified atom stereocenters. The van der Waals surface area contributed by atoms with E-state index in [4.69, 9.17) is 9.47 Å². The molecule has 1 aromatic carbocycles. The Balaban J connectivity index is 1.58. The van der Waals surface area contributed by atoms with Crippen LogP contribution in [-0.2, 0) is 17.9 Å². The van der Waals surface area contributed by atoms with Gasteiger partial charge in [-0.2, -0.15) is 4.98 Å². The number of nitrogens with zero attached hydrogens (tertiary/aromatic N) is 3. The Morgan fingerprint density at radius 1 is 1.21 bits per heavy atom. The molecule has 2 aliphatic rings. The van der Waals surface area contributed by atoms with Crippen LogP contribution in [0.25, 0.3) is 0 Å². The summed E-state index contributed by atoms with van der Waals surface area (Å²) in [6.45, 7) is 2.41. The predicted molar refractivity (Wildman–Crippen MR) is 81.1 cm³/mol. The third-order valence-corrected chi connectivity index (χ3v) is 4.12. The molecule has 1 saturated heterocycles. The number of benzene rings is 1. The molecular weight excluding hydrogens is 320 g/mol. The first kappa shape index (κ1) is 15.1. The first-order chi connectivity index (χ1) is 11.6. The number of halogens is 2. The molecule has 4 rings (SSSR count). The highest BCUT2D eigenvalue weighted by Gasteiger charge is 2.30. The van der Waals surface area contributed by atoms with Crippen molar-refractivity contribution in [3.8, 4) is 5.88 Å². The monoisotopic (exact) mass is 335 g/mol. The Morgan fingerprint density at radius 2 is 2.00 bits per heavy atom. The zero-order valence-corrected chi connectivity index (χ0v) is 12.7. The second-order valence-electron chi connectivity index (χ2n) is 5.85. The third kappa shape index (κ3) is 2.84. The lowest BCUT2D eigenvalue weighted by molar-refractivity contribution is 0.0195. The smallest absolute Gasteiger partial charge is 0.352 e. The van der Waals surface area contributed by atoms with Gasteiger partial charge in [0.2, 0.25) is 5.88 Å². The van der Waals surface area contributed by atoms with Crippen LogP contribution in [0.15, 0.2) is 29.1 Å². The van der Waals surface area contributed by atoms with Gasteiger partial charge in [0.05, 0.1) is 19.3 Å². The molecule has 2 aromatic rings. The first-order valence-electron chi connectivity index (χ1n) is 7.65. The standard InChI is InChI=1S/C16H15F2N3O3/c17-11-3-10(4-12(18)5-11)9-24-14-6-15-20-1-2-23-13(7-20)8-21(15)16(22)19-14/h3-6,13H,1-2,7-9H2/t13-/m1/s1. The van der Waals surface area contributed by atoms with Gasteiger partial charge >= 0.3 is 5.69 Å². The minimum absolute atomic E-state index is 0.00668. The summed E-state index contributed by atoms with van der Waals surface area (Å²) >= 11 is 0. The highest BCUT2D eigenvalue weighted by atomic mass is 19.1. The fourth-order valence-electron chi connectivity index (χ4n) is 3.07. The molecule has 126 valence electrons. The van der Waals surface area contributed by atoms with E-state index in [0.29, 0.717) is 25.3 Å². The summed E-state index contributed by atoms with van der Waals surface area (Å²) in [7, 11) is 0. The second kappa shape index (κ2) is 5.86. The van der Waals surface area contributed by atoms with Gasteiger partial charge in [0, 0.05) is 25.2 Å². The van der Waals surface area contributed by atoms with Crippen LogP contribution in [0, 0.1) is 11.6 Å². The van der Waals surface area contributed by atoms with Gasteiger partial charge in [-0.15, -0.1) is 0 Å². The summed E-state index contributed by atoms with van der Waals surface area (Å²) in [6, 6.07) is 4.84. The number of hydrogen-bond donors (Lipinski definition) is 0. The van der Waals surface area contributed by atoms with Gasteiger partial charge < -0.3 is 14.4 Å². The van der Waals surface area contributed by atoms with Crippen molar-refractivity contribution in [3.63, 3.8) is 0 Å². The van der Waals surface area contributed by atoms with Gasteiger partial charge in [-0.1, -0.05) is 0 Å². The summed E-state index contributed by atoms with van der Waals surface area (Å²) in [5.41, 5.74) is -0.0910. The number of fused-ring (bicyclic) bond motifs is 4. The van der Waals surface area contributed by atoms with Crippen molar-refractivity contribution in [3.05, 3.63) is 51.9 Å². The van der Waals surface area contributed by atoms with Crippen LogP contribution in [0.1, 0.15) is 5.56 Å². The van der Waals surface area contributed by atoms with Gasteiger partial charge in [0.1, 0.15) is 24.1 Å². The summed E-state index contributed by atoms with van der Waals surface area (Å²) in [5, 5.41) is 0. The van der Waals surface area contributed by atoms with Gasteiger partial charge in [-0.3, -0.25) is 4.57 Å². The number of hydrogen-bond acceptors (Lipinski definition) is 5. The number of rotatable bonds is 3. The van der Waals surface area contributed by atoms with Crippen molar-refractivity contribution in [2.45, 2.75) is 19.3 Å². The molecule has 0 amide bonds. The van der Waals surface area contributed by atoms with E-state index in [1.165, 1.54) is 12.1 Å². The molecule has 1 atom stereocenters. The summed E-state index contributed by atoms with van der Waals surface area (Å²) in [5.74, 6) is -0.478. The average Bonchev–Trinajstić information content (AvgIpc) is 2.54. The van der Waals surface area contributed by atoms with Gasteiger partial charge in [-0.25, -0.2) is 13.6 Å². The maximum absolute atomic E-state index is 13.2. The quantitative estimate of drug-likeness (QED) is 0.847. The van der Waals surface area contributed by atoms with E-state index in [2.05, 4.69) is 9.88 Å². The van der Waals surface area contributed by atoms with Crippen molar-refractivity contribution in [2.24, 2.45) is 0 Å². The largest absolute Gasteiger partial charge is 0.473 e. The average molecular weight is 335 g/mol. The number of aromatic nitrogens is 2. The Bertz CT molecular complexity index is 820. The van der Waals surface area contributed by atoms with Crippen molar-refractivity contribution < 1.29 is 18.3 Å². The molecule has 3 heterocycles. The van der Waals surface area contributed by atoms with Gasteiger partial charge in [0.25, 0.3) is 0 Å². The molecule has 2 aliphatic heterocycles. The highest BCUT2D eigenvalue weighted by molar-refractivity contribution is 5.44. The molecular formula is C16H15F2N3O3. The van der Waals surface area contributed by atoms with Crippen molar-refractivity contribution in [1.29, 1.82) is 0 Å². The van der Waals surface area contributed by atoms with Crippen LogP contribution >= 0.6 is 0 Å². The van der Waals surface area contributed by atoms with Crippen LogP contribution in [0.2, 0.25) is 0 Å². The van der Waals surface area contributed by atoms with Gasteiger partial charge in [-0.05, 0) is 17.7 Å². The maximum atomic E-state index is 13.2. The maximum Gasteiger partial charge on any atom is 0.352 e. The van der Waals surface area contributed by atoms with E-state index < -0.39 is 17.3 Å². The van der Waals surface area contributed by atoms with Crippen molar-refractivity contribution in [1.82, 2.24) is 9.55 Å². The molecule has 24 heavy (non-hydrogen) atoms. The Kier molecular flexibility index (Phi) is 3.68. The minimum Gasteiger partial charge on any atom is -0.473 e. The molecule has 1 fully saturated rings. The first-order valence-corrected chi connectivity index (χ1v) is 7.65. The summed E-state index contributed by atoms with van der Waals surface area (Å²) in [6.07, 6.45) is -0.00668. The molecule has 8 heteroatoms. The predicted octanol–water partition coefficient (Wildman–Crippen LogP) is 1.32. The van der Waals surface area contributed by atoms with Crippen molar-refractivity contribution in [2.75, 3.05) is 24.6 Å². The second-order valence-corrected chi connectivity index (χ2v) is 5.85. The minimum atomic E-state index is -0.675. The third-order valence-electron chi connectivity index (χ3n) is 4.12. The SMILES string of the molecule is O=c1nc(OCc2cc(F)cc(F)c2)cc2n1C[C@H]1CN2CCO1. The summed E-state index contributed by atoms with van der Waals surface area (Å²) < 4.78 is 39.0. The molecule has 0 saturated carbocycles. The van der Waals surface area contributed by atoms with Gasteiger partial charge in [0.15, 0.2) is 0 Å². The lowest BCUT2D eigenvalue weighted by Crippen LogP contribution is -2.52. The van der Waals surface area contributed by atoms with E-state index in [0.717, 1.165) is 18.4 Å². The lowest BCUT2D eigenvalue weighted by Gasteiger charge is -2.40. The Hall–Kier alpha value is -2.48. The number of ether oxygens (including phenoxy) is 2. The zero-order valence-electron chi connectivity index (χ0n) is 12.7. The number of morpholine rings is 1. The molecule has 0 N–H and O–H groups in total. The van der Waals surface area contributed by atoms with E-state index >= 15 is 0 Å². The van der Waals surface area contributed by atoms with Crippen LogP contribution in [0.4, 0.5) is 14.6 Å².